The highest BCUT2D eigenvalue weighted by Crippen LogP contribution is 2.65. The summed E-state index contributed by atoms with van der Waals surface area (Å²) in [5.74, 6) is -93.0. The zero-order valence-electron chi connectivity index (χ0n) is 21.2. The van der Waals surface area contributed by atoms with E-state index >= 15 is 0 Å². The molecule has 0 aromatic heterocycles. The standard InChI is InChI=1S/C14F30O5S2/c15-1(16,3(19,20)7(27,28)11(35,36)37)5(23,24)9(31,32)13(41,42)50(45,46)49-51(47,48)14(43,44)10(33,34)6(25,26)2(17,18)4(21,22)8(29,30)12(38,39)40. The van der Waals surface area contributed by atoms with Crippen molar-refractivity contribution in [3.05, 3.63) is 0 Å². The van der Waals surface area contributed by atoms with Gasteiger partial charge >= 0.3 is 102 Å². The summed E-state index contributed by atoms with van der Waals surface area (Å²) in [5, 5.41) is -18.5. The minimum absolute atomic E-state index is 1.05. The summed E-state index contributed by atoms with van der Waals surface area (Å²) in [7, 11) is -19.9. The molecule has 0 aliphatic rings. The molecule has 0 fully saturated rings. The molecule has 0 heterocycles. The van der Waals surface area contributed by atoms with Crippen LogP contribution in [0.3, 0.4) is 0 Å². The SMILES string of the molecule is O=S(=O)(OS(=O)(=O)C(F)(F)C(F)(F)C(F)(F)C(F)(F)C(F)(F)C(F)(F)C(F)(F)F)C(F)(F)C(F)(F)C(F)(F)C(F)(F)C(F)(F)C(F)(F)C(F)(F)F. The van der Waals surface area contributed by atoms with Crippen LogP contribution in [0.25, 0.3) is 0 Å². The van der Waals surface area contributed by atoms with E-state index in [1.54, 1.807) is 0 Å². The van der Waals surface area contributed by atoms with Gasteiger partial charge in [-0.3, -0.25) is 0 Å². The van der Waals surface area contributed by atoms with E-state index in [9.17, 15) is 149 Å². The minimum Gasteiger partial charge on any atom is -0.192 e. The highest BCUT2D eigenvalue weighted by molar-refractivity contribution is 8.00. The van der Waals surface area contributed by atoms with E-state index in [-0.39, 0.29) is 0 Å². The molecule has 51 heavy (non-hydrogen) atoms. The first-order valence-electron chi connectivity index (χ1n) is 10.1. The van der Waals surface area contributed by atoms with E-state index in [0.29, 0.717) is 0 Å². The molecule has 0 spiro atoms. The molecule has 0 aliphatic carbocycles. The number of rotatable bonds is 14. The lowest BCUT2D eigenvalue weighted by atomic mass is 9.94. The molecule has 308 valence electrons. The molecular weight excluding hydrogens is 882 g/mol. The Morgan fingerprint density at radius 1 is 0.235 bits per heavy atom. The van der Waals surface area contributed by atoms with Crippen LogP contribution in [0.5, 0.6) is 0 Å². The van der Waals surface area contributed by atoms with E-state index in [0.717, 1.165) is 3.63 Å². The lowest BCUT2D eigenvalue weighted by Gasteiger charge is -2.41. The van der Waals surface area contributed by atoms with Crippen molar-refractivity contribution in [2.45, 2.75) is 82.1 Å². The second-order valence-corrected chi connectivity index (χ2v) is 12.1. The van der Waals surface area contributed by atoms with Gasteiger partial charge in [-0.2, -0.15) is 149 Å². The molecule has 0 saturated carbocycles. The van der Waals surface area contributed by atoms with E-state index in [1.165, 1.54) is 0 Å². The topological polar surface area (TPSA) is 77.5 Å². The van der Waals surface area contributed by atoms with Gasteiger partial charge in [0.2, 0.25) is 0 Å². The average Bonchev–Trinajstić information content (AvgIpc) is 2.85. The van der Waals surface area contributed by atoms with Crippen LogP contribution in [0.2, 0.25) is 0 Å². The van der Waals surface area contributed by atoms with Crippen LogP contribution in [-0.2, 0) is 23.9 Å². The van der Waals surface area contributed by atoms with Gasteiger partial charge in [-0.05, 0) is 0 Å². The van der Waals surface area contributed by atoms with Crippen molar-refractivity contribution in [1.82, 2.24) is 0 Å². The Bertz CT molecular complexity index is 1420. The van der Waals surface area contributed by atoms with Crippen LogP contribution in [-0.4, -0.2) is 98.9 Å². The van der Waals surface area contributed by atoms with E-state index in [2.05, 4.69) is 0 Å². The third-order valence-corrected chi connectivity index (χ3v) is 8.61. The fourth-order valence-electron chi connectivity index (χ4n) is 2.42. The van der Waals surface area contributed by atoms with Crippen molar-refractivity contribution in [2.75, 3.05) is 0 Å². The Hall–Kier alpha value is -2.24. The molecule has 0 N–H and O–H groups in total. The van der Waals surface area contributed by atoms with Crippen LogP contribution in [0.1, 0.15) is 0 Å². The van der Waals surface area contributed by atoms with E-state index in [1.807, 2.05) is 0 Å². The second-order valence-electron chi connectivity index (χ2n) is 8.75. The minimum atomic E-state index is -9.93. The Labute approximate surface area is 255 Å². The molecule has 0 aromatic carbocycles. The summed E-state index contributed by atoms with van der Waals surface area (Å²) in [6.45, 7) is 0. The maximum atomic E-state index is 13.8. The summed E-state index contributed by atoms with van der Waals surface area (Å²) in [6, 6.07) is 0. The maximum absolute atomic E-state index is 13.8. The molecule has 0 amide bonds. The largest absolute Gasteiger partial charge is 0.460 e. The summed E-state index contributed by atoms with van der Waals surface area (Å²) in [5.41, 5.74) is 0. The van der Waals surface area contributed by atoms with Gasteiger partial charge in [-0.1, -0.05) is 0 Å². The summed E-state index contributed by atoms with van der Waals surface area (Å²) in [4.78, 5) is 0. The number of halogens is 30. The van der Waals surface area contributed by atoms with Crippen molar-refractivity contribution in [2.24, 2.45) is 0 Å². The number of hydrogen-bond acceptors (Lipinski definition) is 5. The molecule has 0 radical (unpaired) electrons. The van der Waals surface area contributed by atoms with Crippen molar-refractivity contribution in [3.8, 4) is 0 Å². The smallest absolute Gasteiger partial charge is 0.192 e. The van der Waals surface area contributed by atoms with Gasteiger partial charge in [0.25, 0.3) is 0 Å². The first-order valence-corrected chi connectivity index (χ1v) is 12.9. The second kappa shape index (κ2) is 11.6. The predicted octanol–water partition coefficient (Wildman–Crippen LogP) is 8.33. The summed E-state index contributed by atoms with van der Waals surface area (Å²) >= 11 is 0. The highest BCUT2D eigenvalue weighted by atomic mass is 32.3. The quantitative estimate of drug-likeness (QED) is 0.164. The average molecular weight is 882 g/mol. The Morgan fingerprint density at radius 3 is 0.529 bits per heavy atom. The fourth-order valence-corrected chi connectivity index (χ4v) is 4.93. The van der Waals surface area contributed by atoms with Gasteiger partial charge in [0.15, 0.2) is 0 Å². The van der Waals surface area contributed by atoms with Gasteiger partial charge < -0.3 is 0 Å². The predicted molar refractivity (Wildman–Crippen MR) is 90.4 cm³/mol. The molecule has 0 saturated heterocycles. The van der Waals surface area contributed by atoms with Crippen molar-refractivity contribution < 1.29 is 152 Å². The van der Waals surface area contributed by atoms with Crippen LogP contribution in [0.15, 0.2) is 0 Å². The maximum Gasteiger partial charge on any atom is 0.460 e. The van der Waals surface area contributed by atoms with Crippen LogP contribution < -0.4 is 0 Å². The zero-order chi connectivity index (χ0) is 42.7. The lowest BCUT2D eigenvalue weighted by Crippen LogP contribution is -2.74. The number of hydrogen-bond donors (Lipinski definition) is 0. The zero-order valence-corrected chi connectivity index (χ0v) is 22.8. The van der Waals surface area contributed by atoms with Gasteiger partial charge in [0, 0.05) is 0 Å². The van der Waals surface area contributed by atoms with Crippen molar-refractivity contribution in [3.63, 3.8) is 0 Å². The normalized spacial score (nSPS) is 17.2. The first-order chi connectivity index (χ1) is 21.2. The van der Waals surface area contributed by atoms with E-state index in [4.69, 9.17) is 0 Å². The third kappa shape index (κ3) is 5.94. The third-order valence-electron chi connectivity index (χ3n) is 5.40. The highest BCUT2D eigenvalue weighted by Gasteiger charge is 2.97. The van der Waals surface area contributed by atoms with Crippen LogP contribution in [0, 0.1) is 0 Å². The van der Waals surface area contributed by atoms with Crippen LogP contribution in [0.4, 0.5) is 132 Å². The molecule has 0 bridgehead atoms. The number of alkyl halides is 30. The molecule has 0 rings (SSSR count). The molecule has 0 aromatic rings. The lowest BCUT2D eigenvalue weighted by molar-refractivity contribution is -0.448. The molecule has 0 unspecified atom stereocenters. The fraction of sp³-hybridized carbons (Fsp3) is 1.00. The molecule has 5 nitrogen and oxygen atoms in total. The van der Waals surface area contributed by atoms with E-state index < -0.39 is 102 Å². The Morgan fingerprint density at radius 2 is 0.373 bits per heavy atom. The molecule has 37 heteroatoms. The van der Waals surface area contributed by atoms with Gasteiger partial charge in [0.1, 0.15) is 0 Å². The first kappa shape index (κ1) is 48.8. The molecular formula is C14F30O5S2. The Kier molecular flexibility index (Phi) is 11.1. The van der Waals surface area contributed by atoms with Gasteiger partial charge in [-0.15, -0.1) is 3.63 Å². The van der Waals surface area contributed by atoms with Crippen molar-refractivity contribution in [1.29, 1.82) is 0 Å². The molecule has 0 atom stereocenters. The Balaban J connectivity index is 7.43. The molecule has 0 aliphatic heterocycles. The van der Waals surface area contributed by atoms with Gasteiger partial charge in [-0.25, -0.2) is 0 Å². The monoisotopic (exact) mass is 882 g/mol. The van der Waals surface area contributed by atoms with Crippen molar-refractivity contribution >= 4 is 20.2 Å². The van der Waals surface area contributed by atoms with Gasteiger partial charge in [0.05, 0.1) is 0 Å². The summed E-state index contributed by atoms with van der Waals surface area (Å²) < 4.78 is 439. The summed E-state index contributed by atoms with van der Waals surface area (Å²) in [6.07, 6.45) is -16.6. The van der Waals surface area contributed by atoms with Crippen LogP contribution >= 0.6 is 0 Å².